The lowest BCUT2D eigenvalue weighted by atomic mass is 10.2. The van der Waals surface area contributed by atoms with E-state index in [2.05, 4.69) is 30.6 Å². The molecule has 7 N–H and O–H groups in total. The maximum atomic E-state index is 11.4. The van der Waals surface area contributed by atoms with Crippen LogP contribution in [0.2, 0.25) is 0 Å². The first-order chi connectivity index (χ1) is 17.9. The molecule has 1 aromatic carbocycles. The molecule has 3 amide bonds. The molecule has 0 saturated carbocycles. The fourth-order valence-corrected chi connectivity index (χ4v) is 2.74. The predicted molar refractivity (Wildman–Crippen MR) is 126 cm³/mol. The fraction of sp³-hybridized carbons (Fsp3) is 0.105. The number of hydrogen-bond donors (Lipinski definition) is 4. The molecule has 38 heavy (non-hydrogen) atoms. The Kier molecular flexibility index (Phi) is 7.50. The molecular weight excluding hydrogens is 506 g/mol. The molecule has 19 nitrogen and oxygen atoms in total. The van der Waals surface area contributed by atoms with Crippen molar-refractivity contribution >= 4 is 29.0 Å². The molecule has 0 aliphatic rings. The summed E-state index contributed by atoms with van der Waals surface area (Å²) in [5, 5.41) is 23.1. The lowest BCUT2D eigenvalue weighted by Gasteiger charge is -1.95. The largest absolute Gasteiger partial charge is 0.508 e. The van der Waals surface area contributed by atoms with E-state index < -0.39 is 29.1 Å². The first-order valence-corrected chi connectivity index (χ1v) is 10.1. The van der Waals surface area contributed by atoms with Gasteiger partial charge in [-0.25, -0.2) is 28.4 Å². The Balaban J connectivity index is 0.000000161. The summed E-state index contributed by atoms with van der Waals surface area (Å²) in [5.41, 5.74) is 14.5. The zero-order chi connectivity index (χ0) is 28.1. The molecule has 0 fully saturated rings. The van der Waals surface area contributed by atoms with Gasteiger partial charge in [-0.2, -0.15) is 9.36 Å². The van der Waals surface area contributed by atoms with E-state index in [1.807, 2.05) is 0 Å². The Morgan fingerprint density at radius 1 is 0.711 bits per heavy atom. The summed E-state index contributed by atoms with van der Waals surface area (Å²) >= 11 is 0. The van der Waals surface area contributed by atoms with Crippen molar-refractivity contribution in [2.24, 2.45) is 31.3 Å². The third kappa shape index (κ3) is 5.45. The van der Waals surface area contributed by atoms with E-state index in [4.69, 9.17) is 22.3 Å². The van der Waals surface area contributed by atoms with E-state index in [1.54, 1.807) is 0 Å². The number of aromatic hydroxyl groups is 1. The molecule has 4 aromatic heterocycles. The highest BCUT2D eigenvalue weighted by molar-refractivity contribution is 5.97. The number of imidazole rings is 2. The van der Waals surface area contributed by atoms with Crippen LogP contribution in [0.15, 0.2) is 46.5 Å². The summed E-state index contributed by atoms with van der Waals surface area (Å²) in [6.45, 7) is 0. The average Bonchev–Trinajstić information content (AvgIpc) is 3.50. The number of aryl methyl sites for hydroxylation is 2. The summed E-state index contributed by atoms with van der Waals surface area (Å²) in [6.07, 6.45) is 2.37. The predicted octanol–water partition coefficient (Wildman–Crippen LogP) is -3.67. The van der Waals surface area contributed by atoms with Crippen LogP contribution < -0.4 is 28.6 Å². The first-order valence-electron chi connectivity index (χ1n) is 10.1. The molecule has 0 aliphatic carbocycles. The molecule has 0 radical (unpaired) electrons. The Hall–Kier alpha value is -6.01. The minimum Gasteiger partial charge on any atom is -0.508 e. The van der Waals surface area contributed by atoms with Gasteiger partial charge in [0.15, 0.2) is 22.7 Å². The van der Waals surface area contributed by atoms with Crippen LogP contribution >= 0.6 is 0 Å². The summed E-state index contributed by atoms with van der Waals surface area (Å²) in [7, 11) is 2.89. The highest BCUT2D eigenvalue weighted by Gasteiger charge is 2.14. The number of phenols is 1. The van der Waals surface area contributed by atoms with Gasteiger partial charge < -0.3 is 22.3 Å². The number of nitrogens with zero attached hydrogens (tertiary/aromatic N) is 10. The van der Waals surface area contributed by atoms with Crippen LogP contribution in [0.25, 0.3) is 11.3 Å². The van der Waals surface area contributed by atoms with Gasteiger partial charge in [0.05, 0.1) is 0 Å². The molecular formula is C19H19N13O6. The number of aromatic nitrogens is 10. The molecule has 0 aliphatic heterocycles. The van der Waals surface area contributed by atoms with Gasteiger partial charge in [0.1, 0.15) is 18.4 Å². The number of fused-ring (bicyclic) bond motifs is 2. The second-order valence-corrected chi connectivity index (χ2v) is 7.20. The number of primary amides is 3. The third-order valence-corrected chi connectivity index (χ3v) is 4.62. The maximum Gasteiger partial charge on any atom is 0.352 e. The monoisotopic (exact) mass is 525 g/mol. The molecule has 0 spiro atoms. The number of nitrogens with two attached hydrogens (primary N) is 3. The van der Waals surface area contributed by atoms with Gasteiger partial charge in [-0.15, -0.1) is 10.2 Å². The standard InChI is InChI=1S/C7H7NO2.2C6H6N6O2/c8-7(10)5-1-3-6(9)4-2-5;2*1-11-6(14)12-2-8-3(4(7)13)5(12)9-10-11/h1-4,9H,(H2,8,10);2*2H,1H3,(H2,7,13). The summed E-state index contributed by atoms with van der Waals surface area (Å²) in [6, 6.07) is 5.77. The van der Waals surface area contributed by atoms with Crippen molar-refractivity contribution in [2.45, 2.75) is 0 Å². The first kappa shape index (κ1) is 26.6. The molecule has 5 aromatic rings. The van der Waals surface area contributed by atoms with Crippen LogP contribution in [0.4, 0.5) is 0 Å². The Bertz CT molecular complexity index is 1680. The van der Waals surface area contributed by atoms with E-state index >= 15 is 0 Å². The second-order valence-electron chi connectivity index (χ2n) is 7.20. The number of carbonyl (C=O) groups excluding carboxylic acids is 3. The van der Waals surface area contributed by atoms with Crippen molar-refractivity contribution in [1.82, 2.24) is 48.8 Å². The molecule has 196 valence electrons. The average molecular weight is 525 g/mol. The highest BCUT2D eigenvalue weighted by Crippen LogP contribution is 2.08. The van der Waals surface area contributed by atoms with Gasteiger partial charge in [-0.3, -0.25) is 14.4 Å². The Labute approximate surface area is 209 Å². The minimum atomic E-state index is -0.741. The number of carbonyl (C=O) groups is 3. The maximum absolute atomic E-state index is 11.4. The van der Waals surface area contributed by atoms with Crippen molar-refractivity contribution in [3.8, 4) is 5.75 Å². The van der Waals surface area contributed by atoms with Crippen LogP contribution in [0.3, 0.4) is 0 Å². The lowest BCUT2D eigenvalue weighted by molar-refractivity contribution is 0.0989. The van der Waals surface area contributed by atoms with Crippen molar-refractivity contribution in [3.63, 3.8) is 0 Å². The molecule has 0 saturated heterocycles. The number of hydrogen-bond acceptors (Lipinski definition) is 12. The topological polar surface area (TPSA) is 280 Å². The fourth-order valence-electron chi connectivity index (χ4n) is 2.74. The number of benzene rings is 1. The number of amides is 3. The van der Waals surface area contributed by atoms with Gasteiger partial charge in [0.2, 0.25) is 5.91 Å². The van der Waals surface area contributed by atoms with Crippen LogP contribution in [0, 0.1) is 0 Å². The van der Waals surface area contributed by atoms with Crippen LogP contribution in [0.1, 0.15) is 31.3 Å². The smallest absolute Gasteiger partial charge is 0.352 e. The molecule has 0 atom stereocenters. The minimum absolute atomic E-state index is 0.0600. The summed E-state index contributed by atoms with van der Waals surface area (Å²) in [5.74, 6) is -1.84. The lowest BCUT2D eigenvalue weighted by Crippen LogP contribution is -2.27. The van der Waals surface area contributed by atoms with Crippen molar-refractivity contribution in [1.29, 1.82) is 0 Å². The van der Waals surface area contributed by atoms with Gasteiger partial charge in [0.25, 0.3) is 11.8 Å². The zero-order valence-corrected chi connectivity index (χ0v) is 19.7. The zero-order valence-electron chi connectivity index (χ0n) is 19.7. The Morgan fingerprint density at radius 3 is 1.45 bits per heavy atom. The molecule has 0 unspecified atom stereocenters. The second kappa shape index (κ2) is 10.7. The molecule has 4 heterocycles. The summed E-state index contributed by atoms with van der Waals surface area (Å²) in [4.78, 5) is 62.3. The van der Waals surface area contributed by atoms with Gasteiger partial charge >= 0.3 is 11.4 Å². The normalized spacial score (nSPS) is 10.3. The quantitative estimate of drug-likeness (QED) is 0.177. The molecule has 19 heteroatoms. The molecule has 0 bridgehead atoms. The van der Waals surface area contributed by atoms with Crippen molar-refractivity contribution in [2.75, 3.05) is 0 Å². The van der Waals surface area contributed by atoms with Crippen molar-refractivity contribution < 1.29 is 19.5 Å². The van der Waals surface area contributed by atoms with Crippen LogP contribution in [-0.4, -0.2) is 71.6 Å². The van der Waals surface area contributed by atoms with E-state index in [0.29, 0.717) is 5.56 Å². The van der Waals surface area contributed by atoms with Gasteiger partial charge in [-0.1, -0.05) is 10.4 Å². The molecule has 5 rings (SSSR count). The number of phenolic OH excluding ortho intramolecular Hbond substituents is 1. The van der Waals surface area contributed by atoms with Crippen molar-refractivity contribution in [3.05, 3.63) is 74.8 Å². The SMILES string of the molecule is Cn1nnc2c(C(N)=O)ncn2c1=O.Cn1nnc2c(C(N)=O)ncn2c1=O.NC(=O)c1ccc(O)cc1. The Morgan fingerprint density at radius 2 is 1.11 bits per heavy atom. The van der Waals surface area contributed by atoms with E-state index in [-0.39, 0.29) is 28.4 Å². The van der Waals surface area contributed by atoms with Gasteiger partial charge in [0, 0.05) is 19.7 Å². The van der Waals surface area contributed by atoms with E-state index in [1.165, 1.54) is 51.0 Å². The summed E-state index contributed by atoms with van der Waals surface area (Å²) < 4.78 is 4.26. The van der Waals surface area contributed by atoms with E-state index in [9.17, 15) is 24.0 Å². The van der Waals surface area contributed by atoms with E-state index in [0.717, 1.165) is 18.2 Å². The highest BCUT2D eigenvalue weighted by atomic mass is 16.3. The third-order valence-electron chi connectivity index (χ3n) is 4.62. The van der Waals surface area contributed by atoms with Gasteiger partial charge in [-0.05, 0) is 24.3 Å². The number of rotatable bonds is 3. The van der Waals surface area contributed by atoms with Crippen LogP contribution in [-0.2, 0) is 14.1 Å². The van der Waals surface area contributed by atoms with Crippen LogP contribution in [0.5, 0.6) is 5.75 Å².